The molecule has 0 aliphatic heterocycles. The number of nitrogens with zero attached hydrogens (tertiary/aromatic N) is 1. The van der Waals surface area contributed by atoms with Crippen molar-refractivity contribution in [2.45, 2.75) is 26.4 Å². The van der Waals surface area contributed by atoms with E-state index < -0.39 is 17.7 Å². The number of aromatic nitrogens is 1. The standard InChI is InChI=1S/C15H16N2O6/c1-15(2,3)22-14(21)16-9-5-4-8(6-11(9)18)10-7-12(13(19)20)23-17-10/h4-7,18H,1-3H3,(H,16,21)(H,19,20). The van der Waals surface area contributed by atoms with Crippen LogP contribution in [0.4, 0.5) is 10.5 Å². The van der Waals surface area contributed by atoms with Crippen molar-refractivity contribution in [2.24, 2.45) is 0 Å². The number of ether oxygens (including phenoxy) is 1. The number of phenolic OH excluding ortho intramolecular Hbond substituents is 1. The minimum atomic E-state index is -1.24. The summed E-state index contributed by atoms with van der Waals surface area (Å²) in [7, 11) is 0. The van der Waals surface area contributed by atoms with Gasteiger partial charge in [0, 0.05) is 11.6 Å². The predicted octanol–water partition coefficient (Wildman–Crippen LogP) is 3.09. The van der Waals surface area contributed by atoms with E-state index in [4.69, 9.17) is 9.84 Å². The first-order valence-electron chi connectivity index (χ1n) is 6.69. The Labute approximate surface area is 131 Å². The van der Waals surface area contributed by atoms with Crippen LogP contribution < -0.4 is 5.32 Å². The van der Waals surface area contributed by atoms with E-state index in [1.165, 1.54) is 18.2 Å². The van der Waals surface area contributed by atoms with Gasteiger partial charge in [-0.1, -0.05) is 11.2 Å². The first-order valence-corrected chi connectivity index (χ1v) is 6.69. The lowest BCUT2D eigenvalue weighted by atomic mass is 10.1. The molecule has 0 aliphatic rings. The molecule has 23 heavy (non-hydrogen) atoms. The van der Waals surface area contributed by atoms with Gasteiger partial charge in [0.25, 0.3) is 0 Å². The van der Waals surface area contributed by atoms with Crippen molar-refractivity contribution in [1.82, 2.24) is 5.16 Å². The topological polar surface area (TPSA) is 122 Å². The van der Waals surface area contributed by atoms with E-state index in [-0.39, 0.29) is 22.9 Å². The second-order valence-corrected chi connectivity index (χ2v) is 5.74. The molecule has 0 spiro atoms. The van der Waals surface area contributed by atoms with Gasteiger partial charge in [-0.25, -0.2) is 9.59 Å². The Morgan fingerprint density at radius 2 is 1.96 bits per heavy atom. The predicted molar refractivity (Wildman–Crippen MR) is 80.4 cm³/mol. The molecule has 0 saturated carbocycles. The Morgan fingerprint density at radius 3 is 2.48 bits per heavy atom. The molecule has 0 atom stereocenters. The number of anilines is 1. The zero-order chi connectivity index (χ0) is 17.2. The van der Waals surface area contributed by atoms with Crippen molar-refractivity contribution in [3.8, 4) is 17.0 Å². The minimum Gasteiger partial charge on any atom is -0.506 e. The molecule has 1 amide bonds. The Morgan fingerprint density at radius 1 is 1.26 bits per heavy atom. The summed E-state index contributed by atoms with van der Waals surface area (Å²) in [5, 5.41) is 24.8. The minimum absolute atomic E-state index is 0.157. The average Bonchev–Trinajstić information content (AvgIpc) is 2.88. The molecule has 0 saturated heterocycles. The van der Waals surface area contributed by atoms with Gasteiger partial charge >= 0.3 is 12.1 Å². The van der Waals surface area contributed by atoms with E-state index in [1.54, 1.807) is 26.8 Å². The third kappa shape index (κ3) is 4.22. The van der Waals surface area contributed by atoms with Crippen molar-refractivity contribution >= 4 is 17.7 Å². The fraction of sp³-hybridized carbons (Fsp3) is 0.267. The Kier molecular flexibility index (Phi) is 4.26. The maximum Gasteiger partial charge on any atom is 0.412 e. The molecule has 8 heteroatoms. The van der Waals surface area contributed by atoms with Crippen LogP contribution in [0.15, 0.2) is 28.8 Å². The van der Waals surface area contributed by atoms with Crippen molar-refractivity contribution in [3.63, 3.8) is 0 Å². The van der Waals surface area contributed by atoms with Crippen LogP contribution in [-0.2, 0) is 4.74 Å². The number of hydrogen-bond acceptors (Lipinski definition) is 6. The molecule has 1 aromatic carbocycles. The quantitative estimate of drug-likeness (QED) is 0.743. The highest BCUT2D eigenvalue weighted by atomic mass is 16.6. The average molecular weight is 320 g/mol. The van der Waals surface area contributed by atoms with Gasteiger partial charge in [0.15, 0.2) is 0 Å². The number of aromatic carboxylic acids is 1. The van der Waals surface area contributed by atoms with Crippen LogP contribution >= 0.6 is 0 Å². The van der Waals surface area contributed by atoms with Crippen LogP contribution in [0, 0.1) is 0 Å². The van der Waals surface area contributed by atoms with Gasteiger partial charge < -0.3 is 19.5 Å². The molecule has 3 N–H and O–H groups in total. The summed E-state index contributed by atoms with van der Waals surface area (Å²) in [5.74, 6) is -1.76. The van der Waals surface area contributed by atoms with Gasteiger partial charge in [0.05, 0.1) is 5.69 Å². The molecular weight excluding hydrogens is 304 g/mol. The van der Waals surface area contributed by atoms with Gasteiger partial charge in [-0.15, -0.1) is 0 Å². The van der Waals surface area contributed by atoms with Crippen LogP contribution in [0.25, 0.3) is 11.3 Å². The van der Waals surface area contributed by atoms with Crippen molar-refractivity contribution in [2.75, 3.05) is 5.32 Å². The number of nitrogens with one attached hydrogen (secondary N) is 1. The van der Waals surface area contributed by atoms with Crippen LogP contribution in [0.3, 0.4) is 0 Å². The monoisotopic (exact) mass is 320 g/mol. The first-order chi connectivity index (χ1) is 10.7. The van der Waals surface area contributed by atoms with Gasteiger partial charge in [-0.3, -0.25) is 5.32 Å². The molecule has 0 bridgehead atoms. The second kappa shape index (κ2) is 5.99. The molecule has 8 nitrogen and oxygen atoms in total. The first kappa shape index (κ1) is 16.3. The maximum atomic E-state index is 11.7. The molecule has 1 aromatic heterocycles. The Hall–Kier alpha value is -3.03. The maximum absolute atomic E-state index is 11.7. The van der Waals surface area contributed by atoms with Crippen LogP contribution in [0.5, 0.6) is 5.75 Å². The van der Waals surface area contributed by atoms with Crippen molar-refractivity contribution in [3.05, 3.63) is 30.0 Å². The number of carbonyl (C=O) groups excluding carboxylic acids is 1. The molecule has 122 valence electrons. The van der Waals surface area contributed by atoms with E-state index in [9.17, 15) is 14.7 Å². The van der Waals surface area contributed by atoms with Crippen molar-refractivity contribution in [1.29, 1.82) is 0 Å². The molecule has 0 aliphatic carbocycles. The van der Waals surface area contributed by atoms with Gasteiger partial charge in [-0.2, -0.15) is 0 Å². The number of carboxylic acid groups (broad SMARTS) is 1. The molecule has 2 aromatic rings. The van der Waals surface area contributed by atoms with E-state index in [0.29, 0.717) is 5.56 Å². The van der Waals surface area contributed by atoms with E-state index in [2.05, 4.69) is 15.0 Å². The molecule has 0 radical (unpaired) electrons. The lowest BCUT2D eigenvalue weighted by molar-refractivity contribution is 0.0630. The fourth-order valence-corrected chi connectivity index (χ4v) is 1.72. The van der Waals surface area contributed by atoms with E-state index >= 15 is 0 Å². The number of rotatable bonds is 3. The highest BCUT2D eigenvalue weighted by Gasteiger charge is 2.18. The summed E-state index contributed by atoms with van der Waals surface area (Å²) >= 11 is 0. The Balaban J connectivity index is 2.17. The van der Waals surface area contributed by atoms with Crippen LogP contribution in [-0.4, -0.2) is 33.0 Å². The Bertz CT molecular complexity index is 745. The summed E-state index contributed by atoms with van der Waals surface area (Å²) in [6, 6.07) is 5.56. The van der Waals surface area contributed by atoms with E-state index in [0.717, 1.165) is 0 Å². The normalized spacial score (nSPS) is 11.1. The number of carbonyl (C=O) groups is 2. The summed E-state index contributed by atoms with van der Waals surface area (Å²) in [5.41, 5.74) is 0.188. The summed E-state index contributed by atoms with van der Waals surface area (Å²) in [6.07, 6.45) is -0.699. The molecule has 0 fully saturated rings. The molecule has 2 rings (SSSR count). The number of carboxylic acids is 1. The van der Waals surface area contributed by atoms with Gasteiger partial charge in [-0.05, 0) is 32.9 Å². The summed E-state index contributed by atoms with van der Waals surface area (Å²) < 4.78 is 9.74. The summed E-state index contributed by atoms with van der Waals surface area (Å²) in [6.45, 7) is 5.17. The second-order valence-electron chi connectivity index (χ2n) is 5.74. The van der Waals surface area contributed by atoms with Crippen LogP contribution in [0.2, 0.25) is 0 Å². The number of benzene rings is 1. The fourth-order valence-electron chi connectivity index (χ4n) is 1.72. The molecule has 0 unspecified atom stereocenters. The van der Waals surface area contributed by atoms with Crippen LogP contribution in [0.1, 0.15) is 31.3 Å². The highest BCUT2D eigenvalue weighted by Crippen LogP contribution is 2.30. The molecular formula is C15H16N2O6. The SMILES string of the molecule is CC(C)(C)OC(=O)Nc1ccc(-c2cc(C(=O)O)on2)cc1O. The zero-order valence-corrected chi connectivity index (χ0v) is 12.8. The smallest absolute Gasteiger partial charge is 0.412 e. The zero-order valence-electron chi connectivity index (χ0n) is 12.8. The largest absolute Gasteiger partial charge is 0.506 e. The number of amides is 1. The third-order valence-corrected chi connectivity index (χ3v) is 2.65. The highest BCUT2D eigenvalue weighted by molar-refractivity contribution is 5.88. The lowest BCUT2D eigenvalue weighted by Gasteiger charge is -2.20. The van der Waals surface area contributed by atoms with E-state index in [1.807, 2.05) is 0 Å². The third-order valence-electron chi connectivity index (χ3n) is 2.65. The van der Waals surface area contributed by atoms with Crippen molar-refractivity contribution < 1.29 is 29.1 Å². The number of phenols is 1. The number of aromatic hydroxyl groups is 1. The van der Waals surface area contributed by atoms with Gasteiger partial charge in [0.2, 0.25) is 5.76 Å². The molecule has 1 heterocycles. The lowest BCUT2D eigenvalue weighted by Crippen LogP contribution is -2.27. The summed E-state index contributed by atoms with van der Waals surface area (Å²) in [4.78, 5) is 22.4. The van der Waals surface area contributed by atoms with Gasteiger partial charge in [0.1, 0.15) is 17.0 Å². The number of hydrogen-bond donors (Lipinski definition) is 3.